The number of carboxylic acids is 1. The van der Waals surface area contributed by atoms with Crippen LogP contribution in [0.15, 0.2) is 30.3 Å². The largest absolute Gasteiger partial charge is 0.480 e. The first-order valence-corrected chi connectivity index (χ1v) is 7.33. The normalized spacial score (nSPS) is 21.6. The number of rotatable bonds is 6. The highest BCUT2D eigenvalue weighted by atomic mass is 16.5. The van der Waals surface area contributed by atoms with E-state index in [1.54, 1.807) is 0 Å². The molecule has 1 aromatic carbocycles. The van der Waals surface area contributed by atoms with Gasteiger partial charge in [0, 0.05) is 13.1 Å². The van der Waals surface area contributed by atoms with Crippen LogP contribution in [0.2, 0.25) is 0 Å². The van der Waals surface area contributed by atoms with Gasteiger partial charge >= 0.3 is 5.97 Å². The van der Waals surface area contributed by atoms with Gasteiger partial charge in [0.15, 0.2) is 0 Å². The minimum absolute atomic E-state index is 0.136. The smallest absolute Gasteiger partial charge is 0.320 e. The maximum absolute atomic E-state index is 11.2. The van der Waals surface area contributed by atoms with Gasteiger partial charge in [-0.3, -0.25) is 9.69 Å². The Bertz CT molecular complexity index is 421. The van der Waals surface area contributed by atoms with Crippen molar-refractivity contribution in [1.82, 2.24) is 4.90 Å². The standard InChI is InChI=1S/C16H23NO3/c1-2-15(16(18)19)17-10-11-20-14(12-17)9-8-13-6-4-3-5-7-13/h3-7,14-15H,2,8-12H2,1H3,(H,18,19). The number of benzene rings is 1. The van der Waals surface area contributed by atoms with E-state index < -0.39 is 5.97 Å². The second kappa shape index (κ2) is 7.41. The van der Waals surface area contributed by atoms with Crippen LogP contribution in [0.25, 0.3) is 0 Å². The molecule has 110 valence electrons. The predicted molar refractivity (Wildman–Crippen MR) is 77.8 cm³/mol. The van der Waals surface area contributed by atoms with Crippen molar-refractivity contribution in [3.05, 3.63) is 35.9 Å². The summed E-state index contributed by atoms with van der Waals surface area (Å²) in [6.45, 7) is 3.99. The van der Waals surface area contributed by atoms with E-state index in [2.05, 4.69) is 12.1 Å². The van der Waals surface area contributed by atoms with Gasteiger partial charge in [-0.1, -0.05) is 37.3 Å². The van der Waals surface area contributed by atoms with E-state index in [0.29, 0.717) is 19.6 Å². The lowest BCUT2D eigenvalue weighted by Crippen LogP contribution is -2.50. The molecule has 2 unspecified atom stereocenters. The van der Waals surface area contributed by atoms with Crippen LogP contribution < -0.4 is 0 Å². The van der Waals surface area contributed by atoms with Gasteiger partial charge in [-0.05, 0) is 24.8 Å². The third kappa shape index (κ3) is 4.05. The van der Waals surface area contributed by atoms with Crippen LogP contribution in [-0.2, 0) is 16.0 Å². The van der Waals surface area contributed by atoms with E-state index in [4.69, 9.17) is 4.74 Å². The van der Waals surface area contributed by atoms with Crippen molar-refractivity contribution in [2.75, 3.05) is 19.7 Å². The van der Waals surface area contributed by atoms with Crippen LogP contribution in [0.1, 0.15) is 25.3 Å². The number of morpholine rings is 1. The SMILES string of the molecule is CCC(C(=O)O)N1CCOC(CCc2ccccc2)C1. The number of hydrogen-bond donors (Lipinski definition) is 1. The Labute approximate surface area is 120 Å². The van der Waals surface area contributed by atoms with Crippen LogP contribution >= 0.6 is 0 Å². The lowest BCUT2D eigenvalue weighted by Gasteiger charge is -2.36. The summed E-state index contributed by atoms with van der Waals surface area (Å²) >= 11 is 0. The zero-order valence-corrected chi connectivity index (χ0v) is 12.0. The summed E-state index contributed by atoms with van der Waals surface area (Å²) in [5, 5.41) is 9.24. The minimum Gasteiger partial charge on any atom is -0.480 e. The number of carbonyl (C=O) groups is 1. The van der Waals surface area contributed by atoms with Gasteiger partial charge in [-0.25, -0.2) is 0 Å². The van der Waals surface area contributed by atoms with Crippen LogP contribution in [0.4, 0.5) is 0 Å². The molecular weight excluding hydrogens is 254 g/mol. The molecule has 1 heterocycles. The molecule has 0 spiro atoms. The van der Waals surface area contributed by atoms with E-state index in [9.17, 15) is 9.90 Å². The molecule has 1 saturated heterocycles. The van der Waals surface area contributed by atoms with Crippen molar-refractivity contribution >= 4 is 5.97 Å². The summed E-state index contributed by atoms with van der Waals surface area (Å²) in [5.41, 5.74) is 1.30. The molecule has 4 nitrogen and oxygen atoms in total. The topological polar surface area (TPSA) is 49.8 Å². The molecule has 20 heavy (non-hydrogen) atoms. The Hall–Kier alpha value is -1.39. The molecule has 0 amide bonds. The highest BCUT2D eigenvalue weighted by Gasteiger charge is 2.29. The Kier molecular flexibility index (Phi) is 5.56. The lowest BCUT2D eigenvalue weighted by molar-refractivity contribution is -0.146. The summed E-state index contributed by atoms with van der Waals surface area (Å²) in [6, 6.07) is 9.96. The first-order chi connectivity index (χ1) is 9.70. The molecule has 1 fully saturated rings. The summed E-state index contributed by atoms with van der Waals surface area (Å²) in [5.74, 6) is -0.726. The van der Waals surface area contributed by atoms with Crippen molar-refractivity contribution in [3.8, 4) is 0 Å². The molecule has 1 aliphatic heterocycles. The number of nitrogens with zero attached hydrogens (tertiary/aromatic N) is 1. The van der Waals surface area contributed by atoms with Gasteiger partial charge in [0.05, 0.1) is 12.7 Å². The van der Waals surface area contributed by atoms with Crippen LogP contribution in [0, 0.1) is 0 Å². The molecule has 0 saturated carbocycles. The zero-order valence-electron chi connectivity index (χ0n) is 12.0. The number of aryl methyl sites for hydroxylation is 1. The van der Waals surface area contributed by atoms with Crippen LogP contribution in [0.3, 0.4) is 0 Å². The third-order valence-corrected chi connectivity index (χ3v) is 3.88. The van der Waals surface area contributed by atoms with Crippen molar-refractivity contribution in [2.24, 2.45) is 0 Å². The Morgan fingerprint density at radius 1 is 1.45 bits per heavy atom. The Balaban J connectivity index is 1.85. The molecule has 0 aliphatic carbocycles. The molecule has 1 N–H and O–H groups in total. The molecule has 2 atom stereocenters. The number of carboxylic acid groups (broad SMARTS) is 1. The zero-order chi connectivity index (χ0) is 14.4. The molecule has 2 rings (SSSR count). The number of ether oxygens (including phenoxy) is 1. The molecule has 0 aromatic heterocycles. The fourth-order valence-corrected chi connectivity index (χ4v) is 2.76. The van der Waals surface area contributed by atoms with Crippen molar-refractivity contribution in [2.45, 2.75) is 38.3 Å². The number of hydrogen-bond acceptors (Lipinski definition) is 3. The fraction of sp³-hybridized carbons (Fsp3) is 0.562. The lowest BCUT2D eigenvalue weighted by atomic mass is 10.0. The Morgan fingerprint density at radius 3 is 2.85 bits per heavy atom. The fourth-order valence-electron chi connectivity index (χ4n) is 2.76. The van der Waals surface area contributed by atoms with E-state index in [1.165, 1.54) is 5.56 Å². The first kappa shape index (κ1) is 15.0. The van der Waals surface area contributed by atoms with Gasteiger partial charge < -0.3 is 9.84 Å². The first-order valence-electron chi connectivity index (χ1n) is 7.33. The molecular formula is C16H23NO3. The highest BCUT2D eigenvalue weighted by Crippen LogP contribution is 2.16. The average Bonchev–Trinajstić information content (AvgIpc) is 2.47. The van der Waals surface area contributed by atoms with Gasteiger partial charge in [0.25, 0.3) is 0 Å². The molecule has 0 bridgehead atoms. The van der Waals surface area contributed by atoms with E-state index in [0.717, 1.165) is 19.4 Å². The minimum atomic E-state index is -0.726. The summed E-state index contributed by atoms with van der Waals surface area (Å²) in [4.78, 5) is 13.3. The third-order valence-electron chi connectivity index (χ3n) is 3.88. The molecule has 1 aromatic rings. The molecule has 1 aliphatic rings. The summed E-state index contributed by atoms with van der Waals surface area (Å²) in [6.07, 6.45) is 2.69. The quantitative estimate of drug-likeness (QED) is 0.866. The number of aliphatic carboxylic acids is 1. The highest BCUT2D eigenvalue weighted by molar-refractivity contribution is 5.73. The Morgan fingerprint density at radius 2 is 2.20 bits per heavy atom. The summed E-state index contributed by atoms with van der Waals surface area (Å²) < 4.78 is 5.77. The van der Waals surface area contributed by atoms with E-state index in [1.807, 2.05) is 30.0 Å². The second-order valence-electron chi connectivity index (χ2n) is 5.27. The monoisotopic (exact) mass is 277 g/mol. The van der Waals surface area contributed by atoms with Crippen LogP contribution in [-0.4, -0.2) is 47.8 Å². The summed E-state index contributed by atoms with van der Waals surface area (Å²) in [7, 11) is 0. The molecule has 0 radical (unpaired) electrons. The second-order valence-corrected chi connectivity index (χ2v) is 5.27. The van der Waals surface area contributed by atoms with Crippen molar-refractivity contribution in [1.29, 1.82) is 0 Å². The van der Waals surface area contributed by atoms with E-state index in [-0.39, 0.29) is 12.1 Å². The van der Waals surface area contributed by atoms with Gasteiger partial charge in [0.2, 0.25) is 0 Å². The van der Waals surface area contributed by atoms with Crippen molar-refractivity contribution < 1.29 is 14.6 Å². The molecule has 4 heteroatoms. The van der Waals surface area contributed by atoms with Crippen LogP contribution in [0.5, 0.6) is 0 Å². The van der Waals surface area contributed by atoms with Gasteiger partial charge in [-0.15, -0.1) is 0 Å². The maximum atomic E-state index is 11.2. The van der Waals surface area contributed by atoms with Gasteiger partial charge in [-0.2, -0.15) is 0 Å². The average molecular weight is 277 g/mol. The van der Waals surface area contributed by atoms with Gasteiger partial charge in [0.1, 0.15) is 6.04 Å². The maximum Gasteiger partial charge on any atom is 0.320 e. The predicted octanol–water partition coefficient (Wildman–Crippen LogP) is 2.18. The van der Waals surface area contributed by atoms with Crippen molar-refractivity contribution in [3.63, 3.8) is 0 Å². The van der Waals surface area contributed by atoms with E-state index >= 15 is 0 Å².